The molecule has 1 aliphatic rings. The largest absolute Gasteiger partial charge is 0.326 e. The van der Waals surface area contributed by atoms with Crippen molar-refractivity contribution in [2.45, 2.75) is 13.3 Å². The van der Waals surface area contributed by atoms with Crippen molar-refractivity contribution in [1.29, 1.82) is 0 Å². The molecular weight excluding hydrogens is 278 g/mol. The molecular formula is C13H19N3O3S. The first-order chi connectivity index (χ1) is 9.28. The average molecular weight is 297 g/mol. The Balaban J connectivity index is 2.02. The van der Waals surface area contributed by atoms with Gasteiger partial charge in [0.2, 0.25) is 15.9 Å². The lowest BCUT2D eigenvalue weighted by molar-refractivity contribution is -0.123. The van der Waals surface area contributed by atoms with Gasteiger partial charge in [-0.2, -0.15) is 0 Å². The van der Waals surface area contributed by atoms with Crippen LogP contribution in [0.15, 0.2) is 24.3 Å². The molecule has 20 heavy (non-hydrogen) atoms. The van der Waals surface area contributed by atoms with E-state index >= 15 is 0 Å². The fourth-order valence-corrected chi connectivity index (χ4v) is 2.69. The Bertz CT molecular complexity index is 590. The van der Waals surface area contributed by atoms with E-state index in [9.17, 15) is 13.2 Å². The normalized spacial score (nSPS) is 22.5. The molecule has 1 aromatic rings. The number of hydrogen-bond donors (Lipinski definition) is 3. The van der Waals surface area contributed by atoms with Crippen LogP contribution < -0.4 is 15.4 Å². The molecule has 1 saturated heterocycles. The van der Waals surface area contributed by atoms with Crippen molar-refractivity contribution in [2.24, 2.45) is 5.41 Å². The van der Waals surface area contributed by atoms with Crippen LogP contribution >= 0.6 is 0 Å². The van der Waals surface area contributed by atoms with E-state index in [-0.39, 0.29) is 11.3 Å². The quantitative estimate of drug-likeness (QED) is 0.773. The monoisotopic (exact) mass is 297 g/mol. The van der Waals surface area contributed by atoms with E-state index in [1.165, 1.54) is 0 Å². The molecule has 1 aromatic carbocycles. The lowest BCUT2D eigenvalue weighted by Gasteiger charge is -2.21. The Hall–Kier alpha value is -1.60. The maximum Gasteiger partial charge on any atom is 0.231 e. The van der Waals surface area contributed by atoms with Crippen molar-refractivity contribution in [3.8, 4) is 0 Å². The smallest absolute Gasteiger partial charge is 0.231 e. The van der Waals surface area contributed by atoms with E-state index in [1.54, 1.807) is 24.3 Å². The van der Waals surface area contributed by atoms with Crippen LogP contribution in [0.25, 0.3) is 0 Å². The predicted molar refractivity (Wildman–Crippen MR) is 79.1 cm³/mol. The van der Waals surface area contributed by atoms with Crippen molar-refractivity contribution in [2.75, 3.05) is 29.4 Å². The third-order valence-electron chi connectivity index (χ3n) is 3.36. The summed E-state index contributed by atoms with van der Waals surface area (Å²) in [5.74, 6) is -0.0219. The Morgan fingerprint density at radius 1 is 1.25 bits per heavy atom. The van der Waals surface area contributed by atoms with Gasteiger partial charge in [0, 0.05) is 17.9 Å². The van der Waals surface area contributed by atoms with Crippen molar-refractivity contribution in [3.05, 3.63) is 24.3 Å². The van der Waals surface area contributed by atoms with E-state index in [2.05, 4.69) is 15.4 Å². The highest BCUT2D eigenvalue weighted by atomic mass is 32.2. The van der Waals surface area contributed by atoms with Gasteiger partial charge < -0.3 is 10.6 Å². The molecule has 1 heterocycles. The fraction of sp³-hybridized carbons (Fsp3) is 0.462. The summed E-state index contributed by atoms with van der Waals surface area (Å²) < 4.78 is 24.6. The van der Waals surface area contributed by atoms with Gasteiger partial charge >= 0.3 is 0 Å². The zero-order valence-corrected chi connectivity index (χ0v) is 12.4. The van der Waals surface area contributed by atoms with Crippen LogP contribution in [-0.2, 0) is 14.8 Å². The zero-order valence-electron chi connectivity index (χ0n) is 11.6. The number of rotatable bonds is 4. The number of carbonyl (C=O) groups is 1. The maximum absolute atomic E-state index is 12.2. The van der Waals surface area contributed by atoms with Crippen LogP contribution in [0.2, 0.25) is 0 Å². The van der Waals surface area contributed by atoms with E-state index in [0.717, 1.165) is 19.2 Å². The molecule has 1 unspecified atom stereocenters. The van der Waals surface area contributed by atoms with Gasteiger partial charge in [-0.05, 0) is 44.2 Å². The summed E-state index contributed by atoms with van der Waals surface area (Å²) in [5.41, 5.74) is 0.741. The van der Waals surface area contributed by atoms with Crippen LogP contribution in [0.1, 0.15) is 13.3 Å². The number of carbonyl (C=O) groups excluding carboxylic acids is 1. The summed E-state index contributed by atoms with van der Waals surface area (Å²) in [6.45, 7) is 3.45. The van der Waals surface area contributed by atoms with E-state index in [1.807, 2.05) is 6.92 Å². The van der Waals surface area contributed by atoms with Crippen LogP contribution in [0.5, 0.6) is 0 Å². The second-order valence-electron chi connectivity index (χ2n) is 5.39. The summed E-state index contributed by atoms with van der Waals surface area (Å²) in [6, 6.07) is 6.59. The van der Waals surface area contributed by atoms with Gasteiger partial charge in [0.05, 0.1) is 11.7 Å². The molecule has 1 atom stereocenters. The maximum atomic E-state index is 12.2. The summed E-state index contributed by atoms with van der Waals surface area (Å²) in [4.78, 5) is 12.2. The first-order valence-electron chi connectivity index (χ1n) is 6.39. The summed E-state index contributed by atoms with van der Waals surface area (Å²) in [6.07, 6.45) is 1.91. The van der Waals surface area contributed by atoms with Crippen LogP contribution in [-0.4, -0.2) is 33.7 Å². The van der Waals surface area contributed by atoms with Crippen molar-refractivity contribution in [1.82, 2.24) is 5.32 Å². The molecule has 6 nitrogen and oxygen atoms in total. The number of nitrogens with one attached hydrogen (secondary N) is 3. The van der Waals surface area contributed by atoms with Gasteiger partial charge in [-0.1, -0.05) is 0 Å². The van der Waals surface area contributed by atoms with Gasteiger partial charge in [0.1, 0.15) is 0 Å². The van der Waals surface area contributed by atoms with Crippen molar-refractivity contribution >= 4 is 27.3 Å². The van der Waals surface area contributed by atoms with Gasteiger partial charge in [-0.25, -0.2) is 8.42 Å². The predicted octanol–water partition coefficient (Wildman–Crippen LogP) is 0.996. The molecule has 0 radical (unpaired) electrons. The SMILES string of the molecule is CC1(C(=O)Nc2ccc(NS(C)(=O)=O)cc2)CCNC1. The molecule has 2 rings (SSSR count). The molecule has 110 valence electrons. The highest BCUT2D eigenvalue weighted by Gasteiger charge is 2.36. The van der Waals surface area contributed by atoms with Crippen molar-refractivity contribution in [3.63, 3.8) is 0 Å². The highest BCUT2D eigenvalue weighted by molar-refractivity contribution is 7.92. The Morgan fingerprint density at radius 3 is 2.35 bits per heavy atom. The molecule has 0 bridgehead atoms. The Morgan fingerprint density at radius 2 is 1.85 bits per heavy atom. The highest BCUT2D eigenvalue weighted by Crippen LogP contribution is 2.26. The Kier molecular flexibility index (Phi) is 4.01. The molecule has 1 amide bonds. The topological polar surface area (TPSA) is 87.3 Å². The number of anilines is 2. The van der Waals surface area contributed by atoms with Gasteiger partial charge in [0.25, 0.3) is 0 Å². The Labute approximate surface area is 119 Å². The summed E-state index contributed by atoms with van der Waals surface area (Å²) >= 11 is 0. The number of hydrogen-bond acceptors (Lipinski definition) is 4. The minimum Gasteiger partial charge on any atom is -0.326 e. The molecule has 1 fully saturated rings. The average Bonchev–Trinajstić information content (AvgIpc) is 2.78. The van der Waals surface area contributed by atoms with Crippen LogP contribution in [0.4, 0.5) is 11.4 Å². The number of benzene rings is 1. The number of sulfonamides is 1. The van der Waals surface area contributed by atoms with Crippen molar-refractivity contribution < 1.29 is 13.2 Å². The first-order valence-corrected chi connectivity index (χ1v) is 8.28. The van der Waals surface area contributed by atoms with Gasteiger partial charge in [-0.15, -0.1) is 0 Å². The summed E-state index contributed by atoms with van der Waals surface area (Å²) in [7, 11) is -3.28. The first kappa shape index (κ1) is 14.8. The number of amides is 1. The lowest BCUT2D eigenvalue weighted by Crippen LogP contribution is -2.35. The second-order valence-corrected chi connectivity index (χ2v) is 7.14. The summed E-state index contributed by atoms with van der Waals surface area (Å²) in [5, 5.41) is 6.04. The van der Waals surface area contributed by atoms with Crippen LogP contribution in [0, 0.1) is 5.41 Å². The second kappa shape index (κ2) is 5.41. The minimum atomic E-state index is -3.28. The molecule has 1 aliphatic heterocycles. The van der Waals surface area contributed by atoms with Gasteiger partial charge in [0.15, 0.2) is 0 Å². The van der Waals surface area contributed by atoms with E-state index < -0.39 is 10.0 Å². The lowest BCUT2D eigenvalue weighted by atomic mass is 9.89. The fourth-order valence-electron chi connectivity index (χ4n) is 2.13. The third-order valence-corrected chi connectivity index (χ3v) is 3.97. The molecule has 7 heteroatoms. The van der Waals surface area contributed by atoms with E-state index in [4.69, 9.17) is 0 Å². The minimum absolute atomic E-state index is 0.0219. The molecule has 0 aliphatic carbocycles. The molecule has 0 aromatic heterocycles. The standard InChI is InChI=1S/C13H19N3O3S/c1-13(7-8-14-9-13)12(17)15-10-3-5-11(6-4-10)16-20(2,18)19/h3-6,14,16H,7-9H2,1-2H3,(H,15,17). The van der Waals surface area contributed by atoms with Crippen LogP contribution in [0.3, 0.4) is 0 Å². The van der Waals surface area contributed by atoms with E-state index in [0.29, 0.717) is 17.9 Å². The third kappa shape index (κ3) is 3.71. The molecule has 3 N–H and O–H groups in total. The van der Waals surface area contributed by atoms with Gasteiger partial charge in [-0.3, -0.25) is 9.52 Å². The molecule has 0 spiro atoms. The zero-order chi connectivity index (χ0) is 14.8. The molecule has 0 saturated carbocycles.